The number of para-hydroxylation sites is 1. The van der Waals surface area contributed by atoms with Gasteiger partial charge >= 0.3 is 5.97 Å². The Morgan fingerprint density at radius 1 is 1.09 bits per heavy atom. The van der Waals surface area contributed by atoms with Crippen molar-refractivity contribution in [2.24, 2.45) is 0 Å². The lowest BCUT2D eigenvalue weighted by atomic mass is 10.1. The summed E-state index contributed by atoms with van der Waals surface area (Å²) in [6, 6.07) is 12.7. The lowest BCUT2D eigenvalue weighted by molar-refractivity contribution is -0.116. The minimum Gasteiger partial charge on any atom is -0.422 e. The maximum atomic E-state index is 12.2. The number of ether oxygens (including phenoxy) is 1. The molecule has 4 heteroatoms. The summed E-state index contributed by atoms with van der Waals surface area (Å²) in [7, 11) is 0. The molecule has 0 saturated heterocycles. The van der Waals surface area contributed by atoms with Gasteiger partial charge in [-0.05, 0) is 48.7 Å². The molecule has 0 spiro atoms. The summed E-state index contributed by atoms with van der Waals surface area (Å²) < 4.78 is 5.50. The Labute approximate surface area is 135 Å². The van der Waals surface area contributed by atoms with Gasteiger partial charge in [0.15, 0.2) is 0 Å². The molecule has 0 aromatic heterocycles. The normalized spacial score (nSPS) is 10.0. The first kappa shape index (κ1) is 16.5. The molecule has 4 nitrogen and oxygen atoms in total. The van der Waals surface area contributed by atoms with Crippen molar-refractivity contribution in [3.8, 4) is 5.75 Å². The third kappa shape index (κ3) is 4.30. The molecule has 0 bridgehead atoms. The molecule has 0 saturated carbocycles. The van der Waals surface area contributed by atoms with Gasteiger partial charge in [-0.25, -0.2) is 4.79 Å². The number of carbonyl (C=O) groups excluding carboxylic acids is 2. The molecule has 23 heavy (non-hydrogen) atoms. The Kier molecular flexibility index (Phi) is 5.31. The van der Waals surface area contributed by atoms with Crippen LogP contribution in [0.25, 0.3) is 0 Å². The van der Waals surface area contributed by atoms with Crippen LogP contribution in [0, 0.1) is 13.8 Å². The number of esters is 1. The van der Waals surface area contributed by atoms with Crippen molar-refractivity contribution < 1.29 is 14.3 Å². The third-order valence-electron chi connectivity index (χ3n) is 3.45. The number of benzene rings is 2. The number of hydrogen-bond acceptors (Lipinski definition) is 3. The van der Waals surface area contributed by atoms with Gasteiger partial charge < -0.3 is 10.1 Å². The van der Waals surface area contributed by atoms with E-state index in [1.54, 1.807) is 24.3 Å². The quantitative estimate of drug-likeness (QED) is 0.523. The molecule has 0 aliphatic rings. The second kappa shape index (κ2) is 7.40. The van der Waals surface area contributed by atoms with Crippen molar-refractivity contribution in [2.45, 2.75) is 20.4 Å². The van der Waals surface area contributed by atoms with Crippen LogP contribution in [0.15, 0.2) is 55.1 Å². The number of aryl methyl sites for hydroxylation is 2. The van der Waals surface area contributed by atoms with Crippen LogP contribution in [0.5, 0.6) is 5.75 Å². The van der Waals surface area contributed by atoms with Crippen LogP contribution >= 0.6 is 0 Å². The SMILES string of the molecule is C=CC(=O)NCc1ccc(C(=O)Oc2c(C)cccc2C)cc1. The van der Waals surface area contributed by atoms with E-state index in [9.17, 15) is 9.59 Å². The summed E-state index contributed by atoms with van der Waals surface area (Å²) in [6.07, 6.45) is 1.22. The number of amides is 1. The molecule has 0 unspecified atom stereocenters. The Morgan fingerprint density at radius 2 is 1.70 bits per heavy atom. The monoisotopic (exact) mass is 309 g/mol. The van der Waals surface area contributed by atoms with E-state index in [1.165, 1.54) is 6.08 Å². The van der Waals surface area contributed by atoms with E-state index in [1.807, 2.05) is 32.0 Å². The topological polar surface area (TPSA) is 55.4 Å². The minimum absolute atomic E-state index is 0.233. The summed E-state index contributed by atoms with van der Waals surface area (Å²) >= 11 is 0. The Morgan fingerprint density at radius 3 is 2.26 bits per heavy atom. The average molecular weight is 309 g/mol. The molecule has 0 heterocycles. The van der Waals surface area contributed by atoms with Crippen molar-refractivity contribution in [3.63, 3.8) is 0 Å². The third-order valence-corrected chi connectivity index (χ3v) is 3.45. The Bertz CT molecular complexity index is 713. The lowest BCUT2D eigenvalue weighted by Gasteiger charge is -2.10. The number of rotatable bonds is 5. The highest BCUT2D eigenvalue weighted by Crippen LogP contribution is 2.23. The number of hydrogen-bond donors (Lipinski definition) is 1. The van der Waals surface area contributed by atoms with E-state index in [4.69, 9.17) is 4.74 Å². The molecule has 0 aliphatic carbocycles. The van der Waals surface area contributed by atoms with E-state index >= 15 is 0 Å². The Hall–Kier alpha value is -2.88. The fraction of sp³-hybridized carbons (Fsp3) is 0.158. The second-order valence-corrected chi connectivity index (χ2v) is 5.23. The van der Waals surface area contributed by atoms with Crippen LogP contribution in [-0.4, -0.2) is 11.9 Å². The fourth-order valence-electron chi connectivity index (χ4n) is 2.13. The molecular formula is C19H19NO3. The van der Waals surface area contributed by atoms with Gasteiger partial charge in [0.2, 0.25) is 5.91 Å². The molecule has 118 valence electrons. The highest BCUT2D eigenvalue weighted by Gasteiger charge is 2.12. The Balaban J connectivity index is 2.06. The van der Waals surface area contributed by atoms with Crippen LogP contribution in [0.2, 0.25) is 0 Å². The summed E-state index contributed by atoms with van der Waals surface area (Å²) in [5, 5.41) is 2.68. The first-order chi connectivity index (χ1) is 11.0. The molecule has 1 N–H and O–H groups in total. The minimum atomic E-state index is -0.399. The van der Waals surface area contributed by atoms with Crippen LogP contribution in [0.4, 0.5) is 0 Å². The maximum Gasteiger partial charge on any atom is 0.343 e. The molecule has 1 amide bonds. The van der Waals surface area contributed by atoms with E-state index in [-0.39, 0.29) is 5.91 Å². The zero-order chi connectivity index (χ0) is 16.8. The summed E-state index contributed by atoms with van der Waals surface area (Å²) in [6.45, 7) is 7.58. The molecule has 0 fully saturated rings. The van der Waals surface area contributed by atoms with E-state index in [0.717, 1.165) is 16.7 Å². The summed E-state index contributed by atoms with van der Waals surface area (Å²) in [4.78, 5) is 23.4. The first-order valence-electron chi connectivity index (χ1n) is 7.29. The first-order valence-corrected chi connectivity index (χ1v) is 7.29. The molecule has 0 atom stereocenters. The highest BCUT2D eigenvalue weighted by atomic mass is 16.5. The van der Waals surface area contributed by atoms with Crippen LogP contribution in [0.1, 0.15) is 27.0 Å². The summed E-state index contributed by atoms with van der Waals surface area (Å²) in [5.74, 6) is -0.0348. The van der Waals surface area contributed by atoms with Crippen molar-refractivity contribution in [3.05, 3.63) is 77.4 Å². The average Bonchev–Trinajstić information content (AvgIpc) is 2.56. The summed E-state index contributed by atoms with van der Waals surface area (Å²) in [5.41, 5.74) is 3.19. The molecule has 2 aromatic rings. The van der Waals surface area contributed by atoms with Crippen LogP contribution in [-0.2, 0) is 11.3 Å². The van der Waals surface area contributed by atoms with Crippen molar-refractivity contribution in [1.82, 2.24) is 5.32 Å². The predicted octanol–water partition coefficient (Wildman–Crippen LogP) is 3.32. The van der Waals surface area contributed by atoms with Crippen LogP contribution in [0.3, 0.4) is 0 Å². The molecule has 2 rings (SSSR count). The van der Waals surface area contributed by atoms with Gasteiger partial charge in [0.05, 0.1) is 5.56 Å². The van der Waals surface area contributed by atoms with Gasteiger partial charge in [-0.15, -0.1) is 0 Å². The van der Waals surface area contributed by atoms with E-state index in [2.05, 4.69) is 11.9 Å². The zero-order valence-corrected chi connectivity index (χ0v) is 13.3. The van der Waals surface area contributed by atoms with Gasteiger partial charge in [0, 0.05) is 6.54 Å². The van der Waals surface area contributed by atoms with Gasteiger partial charge in [-0.1, -0.05) is 36.9 Å². The highest BCUT2D eigenvalue weighted by molar-refractivity contribution is 5.91. The van der Waals surface area contributed by atoms with E-state index < -0.39 is 5.97 Å². The standard InChI is InChI=1S/C19H19NO3/c1-4-17(21)20-12-15-8-10-16(11-9-15)19(22)23-18-13(2)6-5-7-14(18)3/h4-11H,1,12H2,2-3H3,(H,20,21). The largest absolute Gasteiger partial charge is 0.422 e. The molecule has 2 aromatic carbocycles. The van der Waals surface area contributed by atoms with Gasteiger partial charge in [0.1, 0.15) is 5.75 Å². The van der Waals surface area contributed by atoms with Gasteiger partial charge in [0.25, 0.3) is 0 Å². The lowest BCUT2D eigenvalue weighted by Crippen LogP contribution is -2.20. The number of carbonyl (C=O) groups is 2. The predicted molar refractivity (Wildman–Crippen MR) is 89.4 cm³/mol. The van der Waals surface area contributed by atoms with Gasteiger partial charge in [-0.2, -0.15) is 0 Å². The van der Waals surface area contributed by atoms with E-state index in [0.29, 0.717) is 17.9 Å². The van der Waals surface area contributed by atoms with Crippen LogP contribution < -0.4 is 10.1 Å². The molecular weight excluding hydrogens is 290 g/mol. The zero-order valence-electron chi connectivity index (χ0n) is 13.3. The van der Waals surface area contributed by atoms with Crippen molar-refractivity contribution >= 4 is 11.9 Å². The smallest absolute Gasteiger partial charge is 0.343 e. The second-order valence-electron chi connectivity index (χ2n) is 5.23. The fourth-order valence-corrected chi connectivity index (χ4v) is 2.13. The molecule has 0 aliphatic heterocycles. The van der Waals surface area contributed by atoms with Gasteiger partial charge in [-0.3, -0.25) is 4.79 Å². The van der Waals surface area contributed by atoms with Crippen molar-refractivity contribution in [2.75, 3.05) is 0 Å². The van der Waals surface area contributed by atoms with Crippen molar-refractivity contribution in [1.29, 1.82) is 0 Å². The molecule has 0 radical (unpaired) electrons. The number of nitrogens with one attached hydrogen (secondary N) is 1. The maximum absolute atomic E-state index is 12.2.